The predicted octanol–water partition coefficient (Wildman–Crippen LogP) is 4.75. The van der Waals surface area contributed by atoms with Crippen molar-refractivity contribution < 1.29 is 14.6 Å². The zero-order chi connectivity index (χ0) is 21.7. The zero-order valence-corrected chi connectivity index (χ0v) is 18.1. The molecule has 0 radical (unpaired) electrons. The number of benzene rings is 2. The molecule has 3 aromatic rings. The second kappa shape index (κ2) is 9.63. The first kappa shape index (κ1) is 21.7. The Labute approximate surface area is 178 Å². The molecule has 5 nitrogen and oxygen atoms in total. The minimum Gasteiger partial charge on any atom is -0.497 e. The third kappa shape index (κ3) is 4.74. The Morgan fingerprint density at radius 3 is 2.33 bits per heavy atom. The molecule has 0 aliphatic carbocycles. The van der Waals surface area contributed by atoms with Gasteiger partial charge < -0.3 is 19.7 Å². The van der Waals surface area contributed by atoms with Gasteiger partial charge in [-0.15, -0.1) is 0 Å². The molecule has 0 aliphatic rings. The summed E-state index contributed by atoms with van der Waals surface area (Å²) in [5, 5.41) is 13.3. The van der Waals surface area contributed by atoms with Crippen LogP contribution in [-0.4, -0.2) is 29.3 Å². The number of carboxylic acid groups (broad SMARTS) is 1. The number of hydrogen-bond donors (Lipinski definition) is 2. The first-order valence-electron chi connectivity index (χ1n) is 10.2. The molecule has 1 aromatic heterocycles. The van der Waals surface area contributed by atoms with Crippen LogP contribution < -0.4 is 10.1 Å². The number of aromatic carboxylic acids is 1. The van der Waals surface area contributed by atoms with Gasteiger partial charge in [-0.3, -0.25) is 0 Å². The van der Waals surface area contributed by atoms with Crippen LogP contribution >= 0.6 is 0 Å². The van der Waals surface area contributed by atoms with E-state index >= 15 is 0 Å². The van der Waals surface area contributed by atoms with E-state index in [9.17, 15) is 9.90 Å². The fourth-order valence-corrected chi connectivity index (χ4v) is 3.91. The van der Waals surface area contributed by atoms with Crippen molar-refractivity contribution in [3.8, 4) is 5.75 Å². The van der Waals surface area contributed by atoms with Crippen molar-refractivity contribution in [1.82, 2.24) is 9.88 Å². The van der Waals surface area contributed by atoms with E-state index in [4.69, 9.17) is 4.74 Å². The molecule has 2 N–H and O–H groups in total. The number of nitrogens with zero attached hydrogens (tertiary/aromatic N) is 1. The van der Waals surface area contributed by atoms with Crippen molar-refractivity contribution in [2.45, 2.75) is 39.8 Å². The first-order valence-corrected chi connectivity index (χ1v) is 10.2. The summed E-state index contributed by atoms with van der Waals surface area (Å²) in [5.41, 5.74) is 5.40. The molecule has 0 saturated heterocycles. The normalized spacial score (nSPS) is 12.0. The average Bonchev–Trinajstić information content (AvgIpc) is 2.99. The molecule has 0 aliphatic heterocycles. The molecule has 0 saturated carbocycles. The Morgan fingerprint density at radius 2 is 1.73 bits per heavy atom. The first-order chi connectivity index (χ1) is 14.4. The maximum absolute atomic E-state index is 12.0. The molecule has 1 atom stereocenters. The molecule has 0 spiro atoms. The van der Waals surface area contributed by atoms with E-state index in [1.165, 1.54) is 5.56 Å². The molecule has 0 amide bonds. The molecule has 0 bridgehead atoms. The van der Waals surface area contributed by atoms with Gasteiger partial charge in [0.1, 0.15) is 5.75 Å². The summed E-state index contributed by atoms with van der Waals surface area (Å²) in [6.45, 7) is 8.00. The van der Waals surface area contributed by atoms with Crippen LogP contribution in [0.5, 0.6) is 5.75 Å². The predicted molar refractivity (Wildman–Crippen MR) is 120 cm³/mol. The second-order valence-corrected chi connectivity index (χ2v) is 7.71. The van der Waals surface area contributed by atoms with Crippen LogP contribution in [0.4, 0.5) is 0 Å². The van der Waals surface area contributed by atoms with Crippen LogP contribution in [0.3, 0.4) is 0 Å². The highest BCUT2D eigenvalue weighted by Gasteiger charge is 2.22. The van der Waals surface area contributed by atoms with Crippen molar-refractivity contribution >= 4 is 5.97 Å². The van der Waals surface area contributed by atoms with Crippen molar-refractivity contribution in [1.29, 1.82) is 0 Å². The van der Waals surface area contributed by atoms with Crippen LogP contribution in [0, 0.1) is 13.8 Å². The number of ether oxygens (including phenoxy) is 1. The van der Waals surface area contributed by atoms with Gasteiger partial charge in [-0.1, -0.05) is 49.4 Å². The van der Waals surface area contributed by atoms with Crippen LogP contribution in [0.25, 0.3) is 0 Å². The Balaban J connectivity index is 1.78. The van der Waals surface area contributed by atoms with Gasteiger partial charge in [0.05, 0.1) is 12.7 Å². The Bertz CT molecular complexity index is 991. The monoisotopic (exact) mass is 406 g/mol. The standard InChI is InChI=1S/C25H30N2O3/c1-17(21-8-6-5-7-9-21)14-26-15-23-18(2)27(19(3)24(23)25(28)29)16-20-10-12-22(30-4)13-11-20/h5-13,17,26H,14-16H2,1-4H3,(H,28,29). The average molecular weight is 407 g/mol. The fourth-order valence-electron chi connectivity index (χ4n) is 3.91. The Hall–Kier alpha value is -3.05. The van der Waals surface area contributed by atoms with E-state index in [-0.39, 0.29) is 0 Å². The lowest BCUT2D eigenvalue weighted by Crippen LogP contribution is -2.21. The third-order valence-electron chi connectivity index (χ3n) is 5.74. The zero-order valence-electron chi connectivity index (χ0n) is 18.1. The maximum Gasteiger partial charge on any atom is 0.337 e. The van der Waals surface area contributed by atoms with Gasteiger partial charge in [0, 0.05) is 36.6 Å². The fraction of sp³-hybridized carbons (Fsp3) is 0.320. The van der Waals surface area contributed by atoms with Gasteiger partial charge in [0.15, 0.2) is 0 Å². The van der Waals surface area contributed by atoms with Gasteiger partial charge in [-0.2, -0.15) is 0 Å². The van der Waals surface area contributed by atoms with E-state index in [1.54, 1.807) is 7.11 Å². The molecule has 1 heterocycles. The van der Waals surface area contributed by atoms with Crippen LogP contribution in [0.15, 0.2) is 54.6 Å². The highest BCUT2D eigenvalue weighted by Crippen LogP contribution is 2.25. The summed E-state index contributed by atoms with van der Waals surface area (Å²) in [6, 6.07) is 18.2. The van der Waals surface area contributed by atoms with Crippen molar-refractivity contribution in [3.63, 3.8) is 0 Å². The van der Waals surface area contributed by atoms with Gasteiger partial charge >= 0.3 is 5.97 Å². The summed E-state index contributed by atoms with van der Waals surface area (Å²) in [7, 11) is 1.65. The summed E-state index contributed by atoms with van der Waals surface area (Å²) >= 11 is 0. The molecule has 5 heteroatoms. The second-order valence-electron chi connectivity index (χ2n) is 7.71. The van der Waals surface area contributed by atoms with Crippen molar-refractivity contribution in [2.24, 2.45) is 0 Å². The number of rotatable bonds is 9. The van der Waals surface area contributed by atoms with E-state index in [0.29, 0.717) is 24.6 Å². The van der Waals surface area contributed by atoms with Crippen LogP contribution in [0.2, 0.25) is 0 Å². The van der Waals surface area contributed by atoms with Crippen molar-refractivity contribution in [2.75, 3.05) is 13.7 Å². The van der Waals surface area contributed by atoms with E-state index in [0.717, 1.165) is 34.8 Å². The number of carboxylic acids is 1. The van der Waals surface area contributed by atoms with Gasteiger partial charge in [-0.25, -0.2) is 4.79 Å². The van der Waals surface area contributed by atoms with E-state index in [2.05, 4.69) is 28.9 Å². The number of nitrogens with one attached hydrogen (secondary N) is 1. The largest absolute Gasteiger partial charge is 0.497 e. The number of carbonyl (C=O) groups is 1. The molecule has 1 unspecified atom stereocenters. The Morgan fingerprint density at radius 1 is 1.07 bits per heavy atom. The highest BCUT2D eigenvalue weighted by molar-refractivity contribution is 5.91. The molecular formula is C25H30N2O3. The number of aromatic nitrogens is 1. The maximum atomic E-state index is 12.0. The molecule has 2 aromatic carbocycles. The molecule has 158 valence electrons. The molecule has 3 rings (SSSR count). The third-order valence-corrected chi connectivity index (χ3v) is 5.74. The van der Waals surface area contributed by atoms with Gasteiger partial charge in [-0.05, 0) is 43.0 Å². The van der Waals surface area contributed by atoms with Crippen LogP contribution in [0.1, 0.15) is 51.3 Å². The highest BCUT2D eigenvalue weighted by atomic mass is 16.5. The van der Waals surface area contributed by atoms with Crippen molar-refractivity contribution in [3.05, 3.63) is 88.2 Å². The lowest BCUT2D eigenvalue weighted by Gasteiger charge is -2.14. The number of hydrogen-bond acceptors (Lipinski definition) is 3. The summed E-state index contributed by atoms with van der Waals surface area (Å²) in [4.78, 5) is 12.0. The minimum absolute atomic E-state index is 0.349. The van der Waals surface area contributed by atoms with E-state index in [1.807, 2.05) is 56.3 Å². The summed E-state index contributed by atoms with van der Waals surface area (Å²) < 4.78 is 7.31. The molecule has 0 fully saturated rings. The summed E-state index contributed by atoms with van der Waals surface area (Å²) in [5.74, 6) is 0.280. The lowest BCUT2D eigenvalue weighted by atomic mass is 10.0. The van der Waals surface area contributed by atoms with Gasteiger partial charge in [0.2, 0.25) is 0 Å². The van der Waals surface area contributed by atoms with Crippen LogP contribution in [-0.2, 0) is 13.1 Å². The minimum atomic E-state index is -0.878. The smallest absolute Gasteiger partial charge is 0.337 e. The Kier molecular flexibility index (Phi) is 6.95. The molecular weight excluding hydrogens is 376 g/mol. The van der Waals surface area contributed by atoms with Gasteiger partial charge in [0.25, 0.3) is 0 Å². The quantitative estimate of drug-likeness (QED) is 0.538. The topological polar surface area (TPSA) is 63.5 Å². The summed E-state index contributed by atoms with van der Waals surface area (Å²) in [6.07, 6.45) is 0. The van der Waals surface area contributed by atoms with E-state index < -0.39 is 5.97 Å². The number of methoxy groups -OCH3 is 1. The molecule has 30 heavy (non-hydrogen) atoms. The SMILES string of the molecule is COc1ccc(Cn2c(C)c(CNCC(C)c3ccccc3)c(C(=O)O)c2C)cc1. The lowest BCUT2D eigenvalue weighted by molar-refractivity contribution is 0.0694.